The predicted molar refractivity (Wildman–Crippen MR) is 84.9 cm³/mol. The molecule has 1 N–H and O–H groups in total. The first-order chi connectivity index (χ1) is 9.95. The molecular weight excluding hydrogens is 264 g/mol. The van der Waals surface area contributed by atoms with Crippen LogP contribution in [0.25, 0.3) is 0 Å². The van der Waals surface area contributed by atoms with Gasteiger partial charge in [-0.15, -0.1) is 0 Å². The van der Waals surface area contributed by atoms with Crippen molar-refractivity contribution in [1.29, 1.82) is 0 Å². The molecule has 118 valence electrons. The second-order valence-corrected chi connectivity index (χ2v) is 5.99. The number of benzene rings is 1. The first-order valence-corrected chi connectivity index (χ1v) is 7.88. The lowest BCUT2D eigenvalue weighted by Crippen LogP contribution is -2.34. The summed E-state index contributed by atoms with van der Waals surface area (Å²) in [5.41, 5.74) is 1.22. The van der Waals surface area contributed by atoms with Crippen LogP contribution in [0.5, 0.6) is 0 Å². The quantitative estimate of drug-likeness (QED) is 0.745. The normalized spacial score (nSPS) is 15.5. The molecule has 0 bridgehead atoms. The number of hydrogen-bond acceptors (Lipinski definition) is 3. The summed E-state index contributed by atoms with van der Waals surface area (Å²) in [4.78, 5) is 11.9. The summed E-state index contributed by atoms with van der Waals surface area (Å²) in [6.07, 6.45) is 1.57. The third-order valence-electron chi connectivity index (χ3n) is 3.91. The molecule has 0 radical (unpaired) electrons. The number of hydrogen-bond donors (Lipinski definition) is 1. The van der Waals surface area contributed by atoms with E-state index in [2.05, 4.69) is 12.1 Å². The van der Waals surface area contributed by atoms with Crippen LogP contribution in [0.2, 0.25) is 0 Å². The molecule has 3 heteroatoms. The molecule has 0 aliphatic carbocycles. The number of ether oxygens (including phenoxy) is 1. The molecule has 0 saturated carbocycles. The Hall–Kier alpha value is -1.35. The molecule has 0 saturated heterocycles. The van der Waals surface area contributed by atoms with Gasteiger partial charge in [-0.2, -0.15) is 0 Å². The molecule has 1 aromatic carbocycles. The number of esters is 1. The minimum Gasteiger partial charge on any atom is -0.462 e. The summed E-state index contributed by atoms with van der Waals surface area (Å²) >= 11 is 0. The highest BCUT2D eigenvalue weighted by Crippen LogP contribution is 2.21. The average Bonchev–Trinajstić information content (AvgIpc) is 2.50. The van der Waals surface area contributed by atoms with E-state index in [4.69, 9.17) is 4.74 Å². The Bertz CT molecular complexity index is 414. The van der Waals surface area contributed by atoms with Crippen LogP contribution < -0.4 is 0 Å². The Balaban J connectivity index is 2.69. The van der Waals surface area contributed by atoms with Crippen molar-refractivity contribution in [3.8, 4) is 0 Å². The van der Waals surface area contributed by atoms with Crippen molar-refractivity contribution in [1.82, 2.24) is 0 Å². The third-order valence-corrected chi connectivity index (χ3v) is 3.91. The Morgan fingerprint density at radius 3 is 2.33 bits per heavy atom. The highest BCUT2D eigenvalue weighted by Gasteiger charge is 2.27. The first-order valence-electron chi connectivity index (χ1n) is 7.88. The van der Waals surface area contributed by atoms with E-state index < -0.39 is 6.10 Å². The van der Waals surface area contributed by atoms with E-state index in [0.29, 0.717) is 6.42 Å². The molecule has 0 aliphatic rings. The minimum absolute atomic E-state index is 0.0542. The highest BCUT2D eigenvalue weighted by molar-refractivity contribution is 5.71. The topological polar surface area (TPSA) is 46.5 Å². The van der Waals surface area contributed by atoms with Crippen molar-refractivity contribution in [3.05, 3.63) is 35.9 Å². The van der Waals surface area contributed by atoms with Crippen LogP contribution in [-0.2, 0) is 16.0 Å². The Kier molecular flexibility index (Phi) is 7.44. The maximum Gasteiger partial charge on any atom is 0.308 e. The average molecular weight is 292 g/mol. The van der Waals surface area contributed by atoms with Gasteiger partial charge in [-0.3, -0.25) is 4.79 Å². The molecule has 3 nitrogen and oxygen atoms in total. The summed E-state index contributed by atoms with van der Waals surface area (Å²) in [6, 6.07) is 10.2. The van der Waals surface area contributed by atoms with Gasteiger partial charge in [-0.25, -0.2) is 0 Å². The van der Waals surface area contributed by atoms with E-state index in [-0.39, 0.29) is 23.9 Å². The second-order valence-electron chi connectivity index (χ2n) is 5.99. The molecule has 0 unspecified atom stereocenters. The summed E-state index contributed by atoms with van der Waals surface area (Å²) < 4.78 is 5.62. The van der Waals surface area contributed by atoms with Crippen molar-refractivity contribution in [2.75, 3.05) is 0 Å². The van der Waals surface area contributed by atoms with Crippen LogP contribution >= 0.6 is 0 Å². The zero-order chi connectivity index (χ0) is 15.8. The van der Waals surface area contributed by atoms with Gasteiger partial charge < -0.3 is 9.84 Å². The molecule has 0 spiro atoms. The zero-order valence-electron chi connectivity index (χ0n) is 13.6. The molecule has 0 fully saturated rings. The molecule has 3 atom stereocenters. The third kappa shape index (κ3) is 5.88. The molecule has 0 aliphatic heterocycles. The van der Waals surface area contributed by atoms with Gasteiger partial charge in [0, 0.05) is 5.92 Å². The van der Waals surface area contributed by atoms with E-state index in [1.165, 1.54) is 5.56 Å². The van der Waals surface area contributed by atoms with Crippen LogP contribution in [0.1, 0.15) is 46.1 Å². The Labute approximate surface area is 128 Å². The Morgan fingerprint density at radius 2 is 1.81 bits per heavy atom. The summed E-state index contributed by atoms with van der Waals surface area (Å²) in [6.45, 7) is 7.56. The smallest absolute Gasteiger partial charge is 0.308 e. The van der Waals surface area contributed by atoms with Crippen LogP contribution in [-0.4, -0.2) is 23.3 Å². The predicted octanol–water partition coefficient (Wildman–Crippen LogP) is 3.59. The van der Waals surface area contributed by atoms with Crippen LogP contribution in [0.4, 0.5) is 0 Å². The highest BCUT2D eigenvalue weighted by atomic mass is 16.5. The van der Waals surface area contributed by atoms with Gasteiger partial charge in [0.2, 0.25) is 0 Å². The SMILES string of the molecule is CC[C@H](O)[C@H](C)[C@H](CCc1ccccc1)OC(=O)C(C)C. The molecule has 1 aromatic rings. The van der Waals surface area contributed by atoms with E-state index in [0.717, 1.165) is 12.8 Å². The van der Waals surface area contributed by atoms with Crippen molar-refractivity contribution in [3.63, 3.8) is 0 Å². The molecule has 21 heavy (non-hydrogen) atoms. The lowest BCUT2D eigenvalue weighted by Gasteiger charge is -2.28. The minimum atomic E-state index is -0.439. The fourth-order valence-electron chi connectivity index (χ4n) is 2.29. The second kappa shape index (κ2) is 8.83. The van der Waals surface area contributed by atoms with Gasteiger partial charge in [0.15, 0.2) is 0 Å². The summed E-state index contributed by atoms with van der Waals surface area (Å²) in [5.74, 6) is -0.389. The monoisotopic (exact) mass is 292 g/mol. The first kappa shape index (κ1) is 17.7. The number of aliphatic hydroxyl groups is 1. The van der Waals surface area contributed by atoms with Crippen molar-refractivity contribution < 1.29 is 14.6 Å². The van der Waals surface area contributed by atoms with Gasteiger partial charge in [-0.05, 0) is 24.8 Å². The summed E-state index contributed by atoms with van der Waals surface area (Å²) in [7, 11) is 0. The summed E-state index contributed by atoms with van der Waals surface area (Å²) in [5, 5.41) is 10.1. The van der Waals surface area contributed by atoms with E-state index >= 15 is 0 Å². The van der Waals surface area contributed by atoms with Crippen molar-refractivity contribution in [2.24, 2.45) is 11.8 Å². The molecule has 0 amide bonds. The molecule has 1 rings (SSSR count). The largest absolute Gasteiger partial charge is 0.462 e. The van der Waals surface area contributed by atoms with Gasteiger partial charge in [0.25, 0.3) is 0 Å². The number of carbonyl (C=O) groups excluding carboxylic acids is 1. The fourth-order valence-corrected chi connectivity index (χ4v) is 2.29. The maximum absolute atomic E-state index is 11.9. The van der Waals surface area contributed by atoms with Gasteiger partial charge in [0.1, 0.15) is 6.10 Å². The van der Waals surface area contributed by atoms with Crippen LogP contribution in [0.3, 0.4) is 0 Å². The molecule has 0 heterocycles. The van der Waals surface area contributed by atoms with Gasteiger partial charge >= 0.3 is 5.97 Å². The van der Waals surface area contributed by atoms with Gasteiger partial charge in [-0.1, -0.05) is 58.0 Å². The number of aliphatic hydroxyl groups excluding tert-OH is 1. The van der Waals surface area contributed by atoms with Crippen molar-refractivity contribution in [2.45, 2.75) is 59.2 Å². The lowest BCUT2D eigenvalue weighted by molar-refractivity contribution is -0.158. The van der Waals surface area contributed by atoms with E-state index in [1.807, 2.05) is 45.9 Å². The molecular formula is C18H28O3. The van der Waals surface area contributed by atoms with E-state index in [1.54, 1.807) is 0 Å². The lowest BCUT2D eigenvalue weighted by atomic mass is 9.91. The number of rotatable bonds is 8. The standard InChI is InChI=1S/C18H28O3/c1-5-16(19)14(4)17(21-18(20)13(2)3)12-11-15-9-7-6-8-10-15/h6-10,13-14,16-17,19H,5,11-12H2,1-4H3/t14-,16-,17-/m0/s1. The molecule has 0 aromatic heterocycles. The Morgan fingerprint density at radius 1 is 1.19 bits per heavy atom. The van der Waals surface area contributed by atoms with Crippen LogP contribution in [0, 0.1) is 11.8 Å². The number of aryl methyl sites for hydroxylation is 1. The van der Waals surface area contributed by atoms with E-state index in [9.17, 15) is 9.90 Å². The number of carbonyl (C=O) groups is 1. The van der Waals surface area contributed by atoms with Crippen LogP contribution in [0.15, 0.2) is 30.3 Å². The van der Waals surface area contributed by atoms with Gasteiger partial charge in [0.05, 0.1) is 12.0 Å². The maximum atomic E-state index is 11.9. The van der Waals surface area contributed by atoms with Crippen molar-refractivity contribution >= 4 is 5.97 Å². The fraction of sp³-hybridized carbons (Fsp3) is 0.611. The zero-order valence-corrected chi connectivity index (χ0v) is 13.6.